The quantitative estimate of drug-likeness (QED) is 0.519. The Morgan fingerprint density at radius 1 is 1.30 bits per heavy atom. The van der Waals surface area contributed by atoms with Gasteiger partial charge in [-0.1, -0.05) is 18.2 Å². The van der Waals surface area contributed by atoms with Crippen LogP contribution in [0, 0.1) is 0 Å². The molecule has 0 saturated heterocycles. The van der Waals surface area contributed by atoms with E-state index >= 15 is 0 Å². The van der Waals surface area contributed by atoms with E-state index in [1.54, 1.807) is 6.08 Å². The lowest BCUT2D eigenvalue weighted by atomic mass is 10.3. The summed E-state index contributed by atoms with van der Waals surface area (Å²) in [4.78, 5) is 4.02. The summed E-state index contributed by atoms with van der Waals surface area (Å²) < 4.78 is 0. The van der Waals surface area contributed by atoms with Gasteiger partial charge in [0.25, 0.3) is 0 Å². The second kappa shape index (κ2) is 3.65. The van der Waals surface area contributed by atoms with Gasteiger partial charge in [-0.25, -0.2) is 4.99 Å². The Kier molecular flexibility index (Phi) is 2.48. The molecular formula is C9H9N. The van der Waals surface area contributed by atoms with Crippen molar-refractivity contribution in [1.82, 2.24) is 0 Å². The average molecular weight is 131 g/mol. The lowest BCUT2D eigenvalue weighted by Crippen LogP contribution is -1.59. The van der Waals surface area contributed by atoms with Crippen molar-refractivity contribution in [3.63, 3.8) is 0 Å². The molecule has 1 aromatic rings. The molecule has 0 fully saturated rings. The first kappa shape index (κ1) is 6.79. The second-order valence-electron chi connectivity index (χ2n) is 1.87. The van der Waals surface area contributed by atoms with Crippen molar-refractivity contribution in [2.75, 3.05) is 0 Å². The van der Waals surface area contributed by atoms with Gasteiger partial charge in [0.2, 0.25) is 0 Å². The normalized spacial score (nSPS) is 8.10. The molecule has 0 spiro atoms. The third-order valence-electron chi connectivity index (χ3n) is 1.08. The largest absolute Gasteiger partial charge is 0.207 e. The Labute approximate surface area is 60.7 Å². The molecule has 0 aromatic heterocycles. The van der Waals surface area contributed by atoms with E-state index in [-0.39, 0.29) is 0 Å². The molecule has 0 bridgehead atoms. The lowest BCUT2D eigenvalue weighted by Gasteiger charge is -1.84. The van der Waals surface area contributed by atoms with E-state index in [0.717, 1.165) is 5.69 Å². The zero-order chi connectivity index (χ0) is 7.23. The predicted molar refractivity (Wildman–Crippen MR) is 43.8 cm³/mol. The fourth-order valence-electron chi connectivity index (χ4n) is 0.642. The van der Waals surface area contributed by atoms with Gasteiger partial charge in [0.15, 0.2) is 0 Å². The number of nitrogens with zero attached hydrogens (tertiary/aromatic N) is 1. The van der Waals surface area contributed by atoms with Crippen LogP contribution in [-0.2, 0) is 0 Å². The average Bonchev–Trinajstić information content (AvgIpc) is 2.03. The van der Waals surface area contributed by atoms with Gasteiger partial charge >= 0.3 is 0 Å². The van der Waals surface area contributed by atoms with Crippen molar-refractivity contribution in [2.45, 2.75) is 6.92 Å². The lowest BCUT2D eigenvalue weighted by molar-refractivity contribution is 1.54. The number of hydrogen-bond acceptors (Lipinski definition) is 1. The minimum Gasteiger partial charge on any atom is -0.207 e. The number of aliphatic imine (C=N–C) groups is 1. The first-order valence-corrected chi connectivity index (χ1v) is 3.22. The van der Waals surface area contributed by atoms with Gasteiger partial charge < -0.3 is 0 Å². The van der Waals surface area contributed by atoms with Gasteiger partial charge in [-0.3, -0.25) is 0 Å². The summed E-state index contributed by atoms with van der Waals surface area (Å²) in [6, 6.07) is 9.76. The Bertz CT molecular complexity index is 243. The molecule has 0 heterocycles. The molecule has 1 heteroatoms. The monoisotopic (exact) mass is 131 g/mol. The van der Waals surface area contributed by atoms with Crippen LogP contribution in [0.3, 0.4) is 0 Å². The summed E-state index contributed by atoms with van der Waals surface area (Å²) in [6.07, 6.45) is 1.78. The second-order valence-corrected chi connectivity index (χ2v) is 1.87. The maximum Gasteiger partial charge on any atom is 0.0729 e. The molecule has 0 radical (unpaired) electrons. The summed E-state index contributed by atoms with van der Waals surface area (Å²) in [5, 5.41) is 0. The Hall–Kier alpha value is -1.33. The summed E-state index contributed by atoms with van der Waals surface area (Å²) in [7, 11) is 0. The number of benzene rings is 1. The highest BCUT2D eigenvalue weighted by Crippen LogP contribution is 2.07. The van der Waals surface area contributed by atoms with Crippen LogP contribution in [0.15, 0.2) is 41.4 Å². The van der Waals surface area contributed by atoms with Gasteiger partial charge in [-0.15, -0.1) is 0 Å². The molecule has 10 heavy (non-hydrogen) atoms. The van der Waals surface area contributed by atoms with Crippen LogP contribution in [0.5, 0.6) is 0 Å². The molecule has 50 valence electrons. The summed E-state index contributed by atoms with van der Waals surface area (Å²) in [5.74, 6) is 2.76. The zero-order valence-corrected chi connectivity index (χ0v) is 5.91. The van der Waals surface area contributed by atoms with E-state index < -0.39 is 0 Å². The maximum atomic E-state index is 4.02. The zero-order valence-electron chi connectivity index (χ0n) is 5.91. The molecule has 0 aliphatic carbocycles. The first-order chi connectivity index (χ1) is 4.93. The van der Waals surface area contributed by atoms with E-state index in [1.807, 2.05) is 37.3 Å². The van der Waals surface area contributed by atoms with Gasteiger partial charge in [0.1, 0.15) is 0 Å². The highest BCUT2D eigenvalue weighted by Gasteiger charge is 1.79. The van der Waals surface area contributed by atoms with Crippen molar-refractivity contribution in [2.24, 2.45) is 4.99 Å². The van der Waals surface area contributed by atoms with Crippen LogP contribution >= 0.6 is 0 Å². The third-order valence-corrected chi connectivity index (χ3v) is 1.08. The molecule has 0 N–H and O–H groups in total. The van der Waals surface area contributed by atoms with E-state index in [2.05, 4.69) is 10.9 Å². The van der Waals surface area contributed by atoms with Crippen molar-refractivity contribution in [3.05, 3.63) is 36.4 Å². The van der Waals surface area contributed by atoms with Crippen LogP contribution in [0.2, 0.25) is 0 Å². The van der Waals surface area contributed by atoms with Crippen LogP contribution in [-0.4, -0.2) is 5.87 Å². The number of allylic oxidation sites excluding steroid dienone is 1. The number of para-hydroxylation sites is 1. The molecule has 0 unspecified atom stereocenters. The van der Waals surface area contributed by atoms with E-state index in [4.69, 9.17) is 0 Å². The van der Waals surface area contributed by atoms with Crippen molar-refractivity contribution >= 4 is 11.6 Å². The van der Waals surface area contributed by atoms with E-state index in [0.29, 0.717) is 0 Å². The minimum atomic E-state index is 0.945. The van der Waals surface area contributed by atoms with Crippen LogP contribution in [0.4, 0.5) is 5.69 Å². The maximum absolute atomic E-state index is 4.02. The Morgan fingerprint density at radius 3 is 2.60 bits per heavy atom. The van der Waals surface area contributed by atoms with Crippen molar-refractivity contribution < 1.29 is 0 Å². The van der Waals surface area contributed by atoms with E-state index in [1.165, 1.54) is 0 Å². The molecule has 0 amide bonds. The molecule has 0 aliphatic rings. The molecule has 0 saturated carbocycles. The summed E-state index contributed by atoms with van der Waals surface area (Å²) >= 11 is 0. The van der Waals surface area contributed by atoms with E-state index in [9.17, 15) is 0 Å². The van der Waals surface area contributed by atoms with Crippen LogP contribution < -0.4 is 0 Å². The van der Waals surface area contributed by atoms with Gasteiger partial charge in [-0.2, -0.15) is 0 Å². The fourth-order valence-corrected chi connectivity index (χ4v) is 0.642. The molecular weight excluding hydrogens is 122 g/mol. The highest BCUT2D eigenvalue weighted by molar-refractivity contribution is 5.57. The van der Waals surface area contributed by atoms with Crippen LogP contribution in [0.1, 0.15) is 6.92 Å². The molecule has 0 atom stereocenters. The molecule has 1 nitrogen and oxygen atoms in total. The Balaban J connectivity index is 2.87. The SMILES string of the molecule is CC=C=Nc1ccccc1. The van der Waals surface area contributed by atoms with Gasteiger partial charge in [-0.05, 0) is 31.0 Å². The Morgan fingerprint density at radius 2 is 2.00 bits per heavy atom. The molecule has 1 aromatic carbocycles. The van der Waals surface area contributed by atoms with Crippen LogP contribution in [0.25, 0.3) is 0 Å². The smallest absolute Gasteiger partial charge is 0.0729 e. The standard InChI is InChI=1S/C9H9N/c1-2-8-10-9-6-4-3-5-7-9/h2-7H,1H3. The topological polar surface area (TPSA) is 12.4 Å². The molecule has 0 aliphatic heterocycles. The predicted octanol–water partition coefficient (Wildman–Crippen LogP) is 2.56. The van der Waals surface area contributed by atoms with Gasteiger partial charge in [0.05, 0.1) is 5.69 Å². The fraction of sp³-hybridized carbons (Fsp3) is 0.111. The van der Waals surface area contributed by atoms with Crippen molar-refractivity contribution in [1.29, 1.82) is 0 Å². The minimum absolute atomic E-state index is 0.945. The number of rotatable bonds is 1. The molecule has 1 rings (SSSR count). The van der Waals surface area contributed by atoms with Gasteiger partial charge in [0, 0.05) is 0 Å². The number of hydrogen-bond donors (Lipinski definition) is 0. The first-order valence-electron chi connectivity index (χ1n) is 3.22. The highest BCUT2D eigenvalue weighted by atomic mass is 14.7. The summed E-state index contributed by atoms with van der Waals surface area (Å²) in [5.41, 5.74) is 0.945. The third kappa shape index (κ3) is 1.88. The van der Waals surface area contributed by atoms with Crippen molar-refractivity contribution in [3.8, 4) is 0 Å². The summed E-state index contributed by atoms with van der Waals surface area (Å²) in [6.45, 7) is 1.90.